The fraction of sp³-hybridized carbons (Fsp3) is 0.636. The van der Waals surface area contributed by atoms with E-state index >= 15 is 0 Å². The zero-order valence-corrected chi connectivity index (χ0v) is 10.5. The van der Waals surface area contributed by atoms with Gasteiger partial charge in [-0.05, 0) is 32.6 Å². The second-order valence-corrected chi connectivity index (χ2v) is 4.88. The molecule has 1 fully saturated rings. The van der Waals surface area contributed by atoms with Gasteiger partial charge >= 0.3 is 0 Å². The van der Waals surface area contributed by atoms with E-state index in [9.17, 15) is 0 Å². The van der Waals surface area contributed by atoms with Gasteiger partial charge in [0.25, 0.3) is 0 Å². The van der Waals surface area contributed by atoms with Crippen molar-refractivity contribution in [3.05, 3.63) is 23.0 Å². The van der Waals surface area contributed by atoms with E-state index in [0.717, 1.165) is 25.3 Å². The summed E-state index contributed by atoms with van der Waals surface area (Å²) in [7, 11) is 4.27. The molecule has 0 aromatic carbocycles. The van der Waals surface area contributed by atoms with Crippen LogP contribution in [0.15, 0.2) is 12.1 Å². The first-order valence-electron chi connectivity index (χ1n) is 5.52. The lowest BCUT2D eigenvalue weighted by atomic mass is 10.2. The molecule has 0 radical (unpaired) electrons. The molecule has 1 aliphatic rings. The van der Waals surface area contributed by atoms with Crippen molar-refractivity contribution in [2.24, 2.45) is 0 Å². The Morgan fingerprint density at radius 1 is 1.44 bits per heavy atom. The zero-order valence-electron chi connectivity index (χ0n) is 9.73. The van der Waals surface area contributed by atoms with Crippen molar-refractivity contribution in [1.82, 2.24) is 20.0 Å². The molecule has 4 nitrogen and oxygen atoms in total. The largest absolute Gasteiger partial charge is 0.305 e. The highest BCUT2D eigenvalue weighted by Crippen LogP contribution is 2.15. The van der Waals surface area contributed by atoms with Gasteiger partial charge in [0, 0.05) is 25.7 Å². The molecule has 5 heteroatoms. The monoisotopic (exact) mass is 240 g/mol. The van der Waals surface area contributed by atoms with Gasteiger partial charge in [-0.25, -0.2) is 0 Å². The summed E-state index contributed by atoms with van der Waals surface area (Å²) in [6.07, 6.45) is 1.23. The maximum Gasteiger partial charge on any atom is 0.151 e. The number of aromatic nitrogens is 2. The van der Waals surface area contributed by atoms with Crippen molar-refractivity contribution in [2.45, 2.75) is 19.0 Å². The molecule has 2 rings (SSSR count). The van der Waals surface area contributed by atoms with E-state index in [0.29, 0.717) is 11.2 Å². The van der Waals surface area contributed by atoms with Crippen LogP contribution in [-0.4, -0.2) is 53.2 Å². The third-order valence-corrected chi connectivity index (χ3v) is 3.25. The predicted molar refractivity (Wildman–Crippen MR) is 64.4 cm³/mol. The number of likely N-dealkylation sites (N-methyl/N-ethyl adjacent to an activating group) is 1. The molecule has 88 valence electrons. The normalized spacial score (nSPS) is 21.9. The average molecular weight is 241 g/mol. The smallest absolute Gasteiger partial charge is 0.151 e. The zero-order chi connectivity index (χ0) is 11.5. The van der Waals surface area contributed by atoms with Crippen molar-refractivity contribution in [2.75, 3.05) is 27.2 Å². The van der Waals surface area contributed by atoms with E-state index in [1.807, 2.05) is 6.07 Å². The van der Waals surface area contributed by atoms with Crippen LogP contribution >= 0.6 is 11.6 Å². The van der Waals surface area contributed by atoms with Crippen LogP contribution in [0.4, 0.5) is 0 Å². The maximum atomic E-state index is 5.70. The third kappa shape index (κ3) is 2.90. The lowest BCUT2D eigenvalue weighted by Gasteiger charge is -2.19. The summed E-state index contributed by atoms with van der Waals surface area (Å²) in [6.45, 7) is 3.11. The summed E-state index contributed by atoms with van der Waals surface area (Å²) in [5, 5.41) is 8.38. The molecule has 1 aromatic heterocycles. The van der Waals surface area contributed by atoms with E-state index in [1.165, 1.54) is 6.42 Å². The molecule has 0 saturated carbocycles. The summed E-state index contributed by atoms with van der Waals surface area (Å²) in [5.74, 6) is 0. The van der Waals surface area contributed by atoms with Gasteiger partial charge in [0.1, 0.15) is 0 Å². The fourth-order valence-corrected chi connectivity index (χ4v) is 2.14. The SMILES string of the molecule is CN(C)C1CCN(Cc2ccc(Cl)nn2)C1. The maximum absolute atomic E-state index is 5.70. The molecule has 0 aliphatic carbocycles. The van der Waals surface area contributed by atoms with Crippen LogP contribution in [0.3, 0.4) is 0 Å². The second kappa shape index (κ2) is 5.08. The van der Waals surface area contributed by atoms with Gasteiger partial charge in [0.2, 0.25) is 0 Å². The molecule has 0 N–H and O–H groups in total. The average Bonchev–Trinajstić information content (AvgIpc) is 2.70. The third-order valence-electron chi connectivity index (χ3n) is 3.05. The van der Waals surface area contributed by atoms with Gasteiger partial charge in [0.05, 0.1) is 5.69 Å². The Balaban J connectivity index is 1.89. The van der Waals surface area contributed by atoms with Crippen LogP contribution in [0.2, 0.25) is 5.15 Å². The van der Waals surface area contributed by atoms with Crippen LogP contribution < -0.4 is 0 Å². The quantitative estimate of drug-likeness (QED) is 0.797. The highest BCUT2D eigenvalue weighted by atomic mass is 35.5. The van der Waals surface area contributed by atoms with Gasteiger partial charge < -0.3 is 4.90 Å². The van der Waals surface area contributed by atoms with E-state index in [-0.39, 0.29) is 0 Å². The number of likely N-dealkylation sites (tertiary alicyclic amines) is 1. The molecular weight excluding hydrogens is 224 g/mol. The Bertz CT molecular complexity index is 338. The van der Waals surface area contributed by atoms with Crippen molar-refractivity contribution < 1.29 is 0 Å². The summed E-state index contributed by atoms with van der Waals surface area (Å²) < 4.78 is 0. The molecule has 0 spiro atoms. The number of rotatable bonds is 3. The summed E-state index contributed by atoms with van der Waals surface area (Å²) in [4.78, 5) is 4.69. The Morgan fingerprint density at radius 2 is 2.25 bits per heavy atom. The topological polar surface area (TPSA) is 32.3 Å². The van der Waals surface area contributed by atoms with E-state index < -0.39 is 0 Å². The minimum Gasteiger partial charge on any atom is -0.305 e. The molecule has 0 amide bonds. The molecule has 16 heavy (non-hydrogen) atoms. The first kappa shape index (κ1) is 11.8. The van der Waals surface area contributed by atoms with Gasteiger partial charge in [-0.1, -0.05) is 11.6 Å². The van der Waals surface area contributed by atoms with Crippen molar-refractivity contribution in [3.8, 4) is 0 Å². The molecule has 1 atom stereocenters. The Morgan fingerprint density at radius 3 is 2.81 bits per heavy atom. The lowest BCUT2D eigenvalue weighted by molar-refractivity contribution is 0.262. The van der Waals surface area contributed by atoms with Gasteiger partial charge in [-0.3, -0.25) is 4.90 Å². The van der Waals surface area contributed by atoms with Crippen molar-refractivity contribution in [3.63, 3.8) is 0 Å². The van der Waals surface area contributed by atoms with E-state index in [4.69, 9.17) is 11.6 Å². The molecule has 2 heterocycles. The highest BCUT2D eigenvalue weighted by molar-refractivity contribution is 6.29. The van der Waals surface area contributed by atoms with Crippen LogP contribution in [0, 0.1) is 0 Å². The summed E-state index contributed by atoms with van der Waals surface area (Å²) in [6, 6.07) is 4.40. The standard InChI is InChI=1S/C11H17ClN4/c1-15(2)10-5-6-16(8-10)7-9-3-4-11(12)14-13-9/h3-4,10H,5-8H2,1-2H3. The Labute approximate surface area is 101 Å². The molecule has 1 unspecified atom stereocenters. The number of hydrogen-bond donors (Lipinski definition) is 0. The second-order valence-electron chi connectivity index (χ2n) is 4.49. The first-order valence-corrected chi connectivity index (χ1v) is 5.90. The summed E-state index contributed by atoms with van der Waals surface area (Å²) in [5.41, 5.74) is 0.990. The van der Waals surface area contributed by atoms with Gasteiger partial charge in [0.15, 0.2) is 5.15 Å². The van der Waals surface area contributed by atoms with E-state index in [1.54, 1.807) is 6.07 Å². The van der Waals surface area contributed by atoms with Gasteiger partial charge in [-0.15, -0.1) is 5.10 Å². The summed E-state index contributed by atoms with van der Waals surface area (Å²) >= 11 is 5.70. The minimum absolute atomic E-state index is 0.455. The highest BCUT2D eigenvalue weighted by Gasteiger charge is 2.23. The van der Waals surface area contributed by atoms with Crippen LogP contribution in [-0.2, 0) is 6.54 Å². The minimum atomic E-state index is 0.455. The molecular formula is C11H17ClN4. The van der Waals surface area contributed by atoms with Crippen LogP contribution in [0.25, 0.3) is 0 Å². The predicted octanol–water partition coefficient (Wildman–Crippen LogP) is 1.27. The van der Waals surface area contributed by atoms with Crippen molar-refractivity contribution in [1.29, 1.82) is 0 Å². The molecule has 1 aromatic rings. The number of nitrogens with zero attached hydrogens (tertiary/aromatic N) is 4. The molecule has 1 aliphatic heterocycles. The molecule has 1 saturated heterocycles. The van der Waals surface area contributed by atoms with E-state index in [2.05, 4.69) is 34.1 Å². The van der Waals surface area contributed by atoms with Crippen LogP contribution in [0.5, 0.6) is 0 Å². The van der Waals surface area contributed by atoms with Gasteiger partial charge in [-0.2, -0.15) is 5.10 Å². The van der Waals surface area contributed by atoms with Crippen molar-refractivity contribution >= 4 is 11.6 Å². The number of hydrogen-bond acceptors (Lipinski definition) is 4. The Hall–Kier alpha value is -0.710. The molecule has 0 bridgehead atoms. The Kier molecular flexibility index (Phi) is 3.74. The lowest BCUT2D eigenvalue weighted by Crippen LogP contribution is -2.31. The first-order chi connectivity index (χ1) is 7.65. The fourth-order valence-electron chi connectivity index (χ4n) is 2.03. The number of halogens is 1. The van der Waals surface area contributed by atoms with Crippen LogP contribution in [0.1, 0.15) is 12.1 Å².